The first-order chi connectivity index (χ1) is 24.3. The summed E-state index contributed by atoms with van der Waals surface area (Å²) in [5, 5.41) is 9.79. The van der Waals surface area contributed by atoms with Crippen molar-refractivity contribution in [2.24, 2.45) is 0 Å². The summed E-state index contributed by atoms with van der Waals surface area (Å²) >= 11 is 0. The second-order valence-electron chi connectivity index (χ2n) is 12.8. The SMILES string of the molecule is c1cc(-c2cccc3ccccc23)cc(-c2c3ccccc3c(-c3ccccc3-c3ccc4oc5ccccc5c4c3)c3ccccc23)c1. The molecule has 1 aromatic heterocycles. The van der Waals surface area contributed by atoms with E-state index in [1.807, 2.05) is 12.1 Å². The van der Waals surface area contributed by atoms with Crippen molar-refractivity contribution in [2.45, 2.75) is 0 Å². The molecule has 0 bridgehead atoms. The van der Waals surface area contributed by atoms with E-state index < -0.39 is 0 Å². The van der Waals surface area contributed by atoms with Crippen LogP contribution in [0.25, 0.3) is 98.8 Å². The molecule has 10 rings (SSSR count). The van der Waals surface area contributed by atoms with E-state index >= 15 is 0 Å². The van der Waals surface area contributed by atoms with Crippen LogP contribution in [-0.4, -0.2) is 0 Å². The smallest absolute Gasteiger partial charge is 0.135 e. The van der Waals surface area contributed by atoms with Gasteiger partial charge in [-0.2, -0.15) is 0 Å². The molecule has 0 aliphatic rings. The first kappa shape index (κ1) is 27.7. The van der Waals surface area contributed by atoms with E-state index in [9.17, 15) is 0 Å². The molecule has 0 atom stereocenters. The molecular formula is C48H30O. The number of rotatable bonds is 4. The Hall–Kier alpha value is -6.44. The lowest BCUT2D eigenvalue weighted by molar-refractivity contribution is 0.669. The topological polar surface area (TPSA) is 13.1 Å². The van der Waals surface area contributed by atoms with Crippen LogP contribution in [-0.2, 0) is 0 Å². The Kier molecular flexibility index (Phi) is 6.25. The first-order valence-electron chi connectivity index (χ1n) is 16.8. The van der Waals surface area contributed by atoms with Gasteiger partial charge in [0.25, 0.3) is 0 Å². The molecule has 10 aromatic rings. The molecule has 0 unspecified atom stereocenters. The van der Waals surface area contributed by atoms with E-state index in [-0.39, 0.29) is 0 Å². The van der Waals surface area contributed by atoms with E-state index in [4.69, 9.17) is 4.42 Å². The van der Waals surface area contributed by atoms with Crippen molar-refractivity contribution in [3.05, 3.63) is 182 Å². The van der Waals surface area contributed by atoms with Gasteiger partial charge in [-0.1, -0.05) is 158 Å². The molecule has 1 heterocycles. The molecular weight excluding hydrogens is 593 g/mol. The zero-order valence-corrected chi connectivity index (χ0v) is 26.7. The third-order valence-corrected chi connectivity index (χ3v) is 10.1. The summed E-state index contributed by atoms with van der Waals surface area (Å²) in [5.74, 6) is 0. The number of hydrogen-bond acceptors (Lipinski definition) is 1. The zero-order chi connectivity index (χ0) is 32.3. The Morgan fingerprint density at radius 1 is 0.265 bits per heavy atom. The van der Waals surface area contributed by atoms with Crippen LogP contribution in [0.3, 0.4) is 0 Å². The van der Waals surface area contributed by atoms with Gasteiger partial charge in [-0.25, -0.2) is 0 Å². The highest BCUT2D eigenvalue weighted by Crippen LogP contribution is 2.47. The molecule has 1 heteroatoms. The maximum atomic E-state index is 6.19. The fourth-order valence-corrected chi connectivity index (χ4v) is 7.90. The summed E-state index contributed by atoms with van der Waals surface area (Å²) < 4.78 is 6.19. The first-order valence-corrected chi connectivity index (χ1v) is 16.8. The number of para-hydroxylation sites is 1. The molecule has 0 radical (unpaired) electrons. The minimum absolute atomic E-state index is 0.911. The number of hydrogen-bond donors (Lipinski definition) is 0. The van der Waals surface area contributed by atoms with E-state index in [1.54, 1.807) is 0 Å². The molecule has 49 heavy (non-hydrogen) atoms. The lowest BCUT2D eigenvalue weighted by Crippen LogP contribution is -1.93. The summed E-state index contributed by atoms with van der Waals surface area (Å²) in [6.07, 6.45) is 0. The normalized spacial score (nSPS) is 11.7. The molecule has 9 aromatic carbocycles. The van der Waals surface area contributed by atoms with Gasteiger partial charge in [-0.05, 0) is 101 Å². The monoisotopic (exact) mass is 622 g/mol. The summed E-state index contributed by atoms with van der Waals surface area (Å²) in [4.78, 5) is 0. The van der Waals surface area contributed by atoms with Crippen molar-refractivity contribution in [1.82, 2.24) is 0 Å². The molecule has 0 aliphatic carbocycles. The average molecular weight is 623 g/mol. The molecule has 0 spiro atoms. The third kappa shape index (κ3) is 4.40. The quantitative estimate of drug-likeness (QED) is 0.178. The second kappa shape index (κ2) is 11.1. The van der Waals surface area contributed by atoms with Gasteiger partial charge in [-0.15, -0.1) is 0 Å². The summed E-state index contributed by atoms with van der Waals surface area (Å²) in [6, 6.07) is 65.9. The van der Waals surface area contributed by atoms with Crippen LogP contribution in [0.2, 0.25) is 0 Å². The Bertz CT molecular complexity index is 2830. The minimum atomic E-state index is 0.911. The minimum Gasteiger partial charge on any atom is -0.456 e. The van der Waals surface area contributed by atoms with E-state index in [0.717, 1.165) is 21.9 Å². The van der Waals surface area contributed by atoms with Crippen LogP contribution >= 0.6 is 0 Å². The van der Waals surface area contributed by atoms with Crippen molar-refractivity contribution >= 4 is 54.3 Å². The van der Waals surface area contributed by atoms with Gasteiger partial charge < -0.3 is 4.42 Å². The van der Waals surface area contributed by atoms with E-state index in [1.165, 1.54) is 76.8 Å². The van der Waals surface area contributed by atoms with Crippen LogP contribution in [0.15, 0.2) is 186 Å². The predicted molar refractivity (Wildman–Crippen MR) is 208 cm³/mol. The second-order valence-corrected chi connectivity index (χ2v) is 12.8. The number of furan rings is 1. The van der Waals surface area contributed by atoms with Gasteiger partial charge in [0.2, 0.25) is 0 Å². The van der Waals surface area contributed by atoms with Gasteiger partial charge in [0.15, 0.2) is 0 Å². The van der Waals surface area contributed by atoms with Crippen molar-refractivity contribution < 1.29 is 4.42 Å². The van der Waals surface area contributed by atoms with Crippen LogP contribution in [0.4, 0.5) is 0 Å². The summed E-state index contributed by atoms with van der Waals surface area (Å²) in [5.41, 5.74) is 11.6. The van der Waals surface area contributed by atoms with Gasteiger partial charge in [0.1, 0.15) is 11.2 Å². The Morgan fingerprint density at radius 2 is 0.776 bits per heavy atom. The highest BCUT2D eigenvalue weighted by atomic mass is 16.3. The molecule has 1 nitrogen and oxygen atoms in total. The lowest BCUT2D eigenvalue weighted by atomic mass is 9.83. The van der Waals surface area contributed by atoms with Gasteiger partial charge in [0.05, 0.1) is 0 Å². The van der Waals surface area contributed by atoms with E-state index in [0.29, 0.717) is 0 Å². The Morgan fingerprint density at radius 3 is 1.55 bits per heavy atom. The summed E-state index contributed by atoms with van der Waals surface area (Å²) in [7, 11) is 0. The van der Waals surface area contributed by atoms with Crippen molar-refractivity contribution in [2.75, 3.05) is 0 Å². The number of benzene rings is 9. The fourth-order valence-electron chi connectivity index (χ4n) is 7.90. The molecule has 0 aliphatic heterocycles. The van der Waals surface area contributed by atoms with Crippen molar-refractivity contribution in [3.8, 4) is 44.5 Å². The standard InChI is InChI=1S/C48H30O/c1-2-17-35-31(13-1)14-12-25-36(35)32-15-11-16-34(29-32)47-40-21-5-7-23-42(40)48(43-24-8-6-22-41(43)47)39-20-4-3-18-37(39)33-27-28-46-44(30-33)38-19-9-10-26-45(38)49-46/h1-30H. The summed E-state index contributed by atoms with van der Waals surface area (Å²) in [6.45, 7) is 0. The van der Waals surface area contributed by atoms with Crippen LogP contribution in [0, 0.1) is 0 Å². The molecule has 0 N–H and O–H groups in total. The van der Waals surface area contributed by atoms with Gasteiger partial charge in [-0.3, -0.25) is 0 Å². The fraction of sp³-hybridized carbons (Fsp3) is 0. The molecule has 0 saturated heterocycles. The van der Waals surface area contributed by atoms with Crippen molar-refractivity contribution in [1.29, 1.82) is 0 Å². The van der Waals surface area contributed by atoms with Gasteiger partial charge in [0, 0.05) is 10.8 Å². The number of fused-ring (bicyclic) bond motifs is 6. The zero-order valence-electron chi connectivity index (χ0n) is 26.7. The Balaban J connectivity index is 1.22. The largest absolute Gasteiger partial charge is 0.456 e. The Labute approximate surface area is 284 Å². The van der Waals surface area contributed by atoms with Crippen LogP contribution in [0.5, 0.6) is 0 Å². The molecule has 0 fully saturated rings. The maximum absolute atomic E-state index is 6.19. The maximum Gasteiger partial charge on any atom is 0.135 e. The highest BCUT2D eigenvalue weighted by Gasteiger charge is 2.20. The van der Waals surface area contributed by atoms with E-state index in [2.05, 4.69) is 170 Å². The predicted octanol–water partition coefficient (Wildman–Crippen LogP) is 13.7. The molecule has 228 valence electrons. The van der Waals surface area contributed by atoms with Crippen molar-refractivity contribution in [3.63, 3.8) is 0 Å². The van der Waals surface area contributed by atoms with Gasteiger partial charge >= 0.3 is 0 Å². The average Bonchev–Trinajstić information content (AvgIpc) is 3.55. The van der Waals surface area contributed by atoms with Crippen LogP contribution < -0.4 is 0 Å². The molecule has 0 saturated carbocycles. The third-order valence-electron chi connectivity index (χ3n) is 10.1. The highest BCUT2D eigenvalue weighted by molar-refractivity contribution is 6.22. The van der Waals surface area contributed by atoms with Crippen LogP contribution in [0.1, 0.15) is 0 Å². The lowest BCUT2D eigenvalue weighted by Gasteiger charge is -2.20. The molecule has 0 amide bonds.